The van der Waals surface area contributed by atoms with Crippen molar-refractivity contribution in [2.45, 2.75) is 25.8 Å². The van der Waals surface area contributed by atoms with E-state index in [1.54, 1.807) is 11.0 Å². The van der Waals surface area contributed by atoms with Gasteiger partial charge >= 0.3 is 0 Å². The molecular formula is C12H21N5O. The summed E-state index contributed by atoms with van der Waals surface area (Å²) in [5, 5.41) is 7.35. The molecule has 6 heteroatoms. The van der Waals surface area contributed by atoms with E-state index in [0.717, 1.165) is 32.5 Å². The minimum absolute atomic E-state index is 0.0963. The van der Waals surface area contributed by atoms with Crippen LogP contribution in [0.5, 0.6) is 0 Å². The van der Waals surface area contributed by atoms with Crippen LogP contribution in [0.4, 0.5) is 0 Å². The number of hydrogen-bond acceptors (Lipinski definition) is 4. The fraction of sp³-hybridized carbons (Fsp3) is 0.750. The molecule has 1 unspecified atom stereocenters. The molecule has 1 N–H and O–H groups in total. The third-order valence-corrected chi connectivity index (χ3v) is 3.56. The molecule has 18 heavy (non-hydrogen) atoms. The first-order chi connectivity index (χ1) is 8.68. The highest BCUT2D eigenvalue weighted by atomic mass is 16.2. The van der Waals surface area contributed by atoms with Crippen molar-refractivity contribution in [3.8, 4) is 0 Å². The van der Waals surface area contributed by atoms with Crippen molar-refractivity contribution in [2.75, 3.05) is 26.7 Å². The fourth-order valence-electron chi connectivity index (χ4n) is 2.39. The highest BCUT2D eigenvalue weighted by Gasteiger charge is 2.23. The van der Waals surface area contributed by atoms with Gasteiger partial charge in [-0.05, 0) is 38.8 Å². The van der Waals surface area contributed by atoms with Gasteiger partial charge in [-0.1, -0.05) is 0 Å². The van der Waals surface area contributed by atoms with E-state index in [-0.39, 0.29) is 11.9 Å². The fourth-order valence-corrected chi connectivity index (χ4v) is 2.39. The molecule has 1 aromatic rings. The van der Waals surface area contributed by atoms with Gasteiger partial charge in [0, 0.05) is 13.6 Å². The summed E-state index contributed by atoms with van der Waals surface area (Å²) in [5.41, 5.74) is 0. The third-order valence-electron chi connectivity index (χ3n) is 3.56. The molecule has 0 aliphatic carbocycles. The molecule has 0 aromatic carbocycles. The van der Waals surface area contributed by atoms with E-state index >= 15 is 0 Å². The van der Waals surface area contributed by atoms with Gasteiger partial charge in [0.1, 0.15) is 18.7 Å². The van der Waals surface area contributed by atoms with Crippen LogP contribution < -0.4 is 5.32 Å². The number of carbonyl (C=O) groups is 1. The van der Waals surface area contributed by atoms with Gasteiger partial charge in [0.25, 0.3) is 0 Å². The molecule has 6 nitrogen and oxygen atoms in total. The number of piperidine rings is 1. The second kappa shape index (κ2) is 5.95. The van der Waals surface area contributed by atoms with Gasteiger partial charge in [0.05, 0.1) is 0 Å². The van der Waals surface area contributed by atoms with Gasteiger partial charge in [-0.25, -0.2) is 9.67 Å². The Kier molecular flexibility index (Phi) is 4.30. The molecule has 100 valence electrons. The molecule has 2 rings (SSSR count). The Hall–Kier alpha value is -1.43. The van der Waals surface area contributed by atoms with Crippen LogP contribution in [0.1, 0.15) is 25.8 Å². The molecule has 1 aromatic heterocycles. The summed E-state index contributed by atoms with van der Waals surface area (Å²) in [5.74, 6) is 0.710. The summed E-state index contributed by atoms with van der Waals surface area (Å²) in [6.45, 7) is 4.81. The van der Waals surface area contributed by atoms with Crippen molar-refractivity contribution < 1.29 is 4.79 Å². The standard InChI is InChI=1S/C12H21N5O/c1-10(17-9-14-8-15-17)12(18)16(2)7-11-3-5-13-6-4-11/h8-11,13H,3-7H2,1-2H3. The second-order valence-electron chi connectivity index (χ2n) is 4.96. The summed E-state index contributed by atoms with van der Waals surface area (Å²) in [6, 6.07) is -0.279. The van der Waals surface area contributed by atoms with E-state index in [9.17, 15) is 4.79 Å². The maximum Gasteiger partial charge on any atom is 0.246 e. The molecule has 0 radical (unpaired) electrons. The summed E-state index contributed by atoms with van der Waals surface area (Å²) in [6.07, 6.45) is 5.34. The van der Waals surface area contributed by atoms with E-state index in [1.807, 2.05) is 18.9 Å². The van der Waals surface area contributed by atoms with E-state index in [1.165, 1.54) is 6.33 Å². The van der Waals surface area contributed by atoms with Crippen LogP contribution in [0.15, 0.2) is 12.7 Å². The minimum Gasteiger partial charge on any atom is -0.344 e. The predicted molar refractivity (Wildman–Crippen MR) is 68.0 cm³/mol. The van der Waals surface area contributed by atoms with Gasteiger partial charge in [0.2, 0.25) is 5.91 Å². The quantitative estimate of drug-likeness (QED) is 0.836. The monoisotopic (exact) mass is 251 g/mol. The molecule has 1 amide bonds. The van der Waals surface area contributed by atoms with Crippen LogP contribution in [0.25, 0.3) is 0 Å². The zero-order valence-corrected chi connectivity index (χ0v) is 11.0. The number of likely N-dealkylation sites (N-methyl/N-ethyl adjacent to an activating group) is 1. The van der Waals surface area contributed by atoms with Crippen molar-refractivity contribution in [3.63, 3.8) is 0 Å². The Labute approximate surface area is 107 Å². The first-order valence-corrected chi connectivity index (χ1v) is 6.48. The lowest BCUT2D eigenvalue weighted by Gasteiger charge is -2.29. The van der Waals surface area contributed by atoms with Gasteiger partial charge in [-0.3, -0.25) is 4.79 Å². The zero-order chi connectivity index (χ0) is 13.0. The predicted octanol–water partition coefficient (Wildman–Crippen LogP) is 0.297. The summed E-state index contributed by atoms with van der Waals surface area (Å²) >= 11 is 0. The highest BCUT2D eigenvalue weighted by molar-refractivity contribution is 5.79. The van der Waals surface area contributed by atoms with Crippen molar-refractivity contribution in [3.05, 3.63) is 12.7 Å². The van der Waals surface area contributed by atoms with Crippen molar-refractivity contribution in [1.82, 2.24) is 25.0 Å². The number of aromatic nitrogens is 3. The lowest BCUT2D eigenvalue weighted by Crippen LogP contribution is -2.39. The van der Waals surface area contributed by atoms with Crippen molar-refractivity contribution in [2.24, 2.45) is 5.92 Å². The van der Waals surface area contributed by atoms with E-state index in [4.69, 9.17) is 0 Å². The van der Waals surface area contributed by atoms with Crippen LogP contribution >= 0.6 is 0 Å². The Balaban J connectivity index is 1.87. The Morgan fingerprint density at radius 1 is 1.56 bits per heavy atom. The number of amides is 1. The second-order valence-corrected chi connectivity index (χ2v) is 4.96. The molecule has 0 saturated carbocycles. The molecule has 1 atom stereocenters. The number of carbonyl (C=O) groups excluding carboxylic acids is 1. The molecule has 0 spiro atoms. The number of nitrogens with zero attached hydrogens (tertiary/aromatic N) is 4. The Bertz CT molecular complexity index is 372. The highest BCUT2D eigenvalue weighted by Crippen LogP contribution is 2.15. The van der Waals surface area contributed by atoms with Gasteiger partial charge in [0.15, 0.2) is 0 Å². The third kappa shape index (κ3) is 3.07. The number of rotatable bonds is 4. The minimum atomic E-state index is -0.279. The van der Waals surface area contributed by atoms with Crippen molar-refractivity contribution >= 4 is 5.91 Å². The van der Waals surface area contributed by atoms with Crippen LogP contribution in [-0.4, -0.2) is 52.3 Å². The molecule has 1 aliphatic heterocycles. The Morgan fingerprint density at radius 3 is 2.89 bits per heavy atom. The van der Waals surface area contributed by atoms with Crippen LogP contribution in [0.3, 0.4) is 0 Å². The van der Waals surface area contributed by atoms with Gasteiger partial charge in [-0.15, -0.1) is 0 Å². The summed E-state index contributed by atoms with van der Waals surface area (Å²) < 4.78 is 1.60. The lowest BCUT2D eigenvalue weighted by molar-refractivity contribution is -0.133. The topological polar surface area (TPSA) is 63.1 Å². The molecular weight excluding hydrogens is 230 g/mol. The SMILES string of the molecule is CC(C(=O)N(C)CC1CCNCC1)n1cncn1. The average Bonchev–Trinajstić information content (AvgIpc) is 2.92. The smallest absolute Gasteiger partial charge is 0.246 e. The van der Waals surface area contributed by atoms with Crippen LogP contribution in [0, 0.1) is 5.92 Å². The van der Waals surface area contributed by atoms with Gasteiger partial charge < -0.3 is 10.2 Å². The molecule has 1 saturated heterocycles. The summed E-state index contributed by atoms with van der Waals surface area (Å²) in [7, 11) is 1.87. The van der Waals surface area contributed by atoms with Crippen LogP contribution in [0.2, 0.25) is 0 Å². The molecule has 2 heterocycles. The average molecular weight is 251 g/mol. The normalized spacial score (nSPS) is 18.6. The first-order valence-electron chi connectivity index (χ1n) is 6.48. The Morgan fingerprint density at radius 2 is 2.28 bits per heavy atom. The largest absolute Gasteiger partial charge is 0.344 e. The van der Waals surface area contributed by atoms with E-state index in [2.05, 4.69) is 15.4 Å². The molecule has 1 aliphatic rings. The molecule has 1 fully saturated rings. The van der Waals surface area contributed by atoms with Crippen molar-refractivity contribution in [1.29, 1.82) is 0 Å². The number of nitrogens with one attached hydrogen (secondary N) is 1. The van der Waals surface area contributed by atoms with Gasteiger partial charge in [-0.2, -0.15) is 5.10 Å². The number of hydrogen-bond donors (Lipinski definition) is 1. The maximum atomic E-state index is 12.2. The lowest BCUT2D eigenvalue weighted by atomic mass is 9.97. The zero-order valence-electron chi connectivity index (χ0n) is 11.0. The maximum absolute atomic E-state index is 12.2. The van der Waals surface area contributed by atoms with E-state index < -0.39 is 0 Å². The molecule has 0 bridgehead atoms. The first kappa shape index (κ1) is 13.0. The summed E-state index contributed by atoms with van der Waals surface area (Å²) in [4.78, 5) is 17.9. The van der Waals surface area contributed by atoms with Crippen LogP contribution in [-0.2, 0) is 4.79 Å². The van der Waals surface area contributed by atoms with E-state index in [0.29, 0.717) is 5.92 Å².